The molecule has 1 fully saturated rings. The van der Waals surface area contributed by atoms with Crippen LogP contribution in [0, 0.1) is 18.7 Å². The summed E-state index contributed by atoms with van der Waals surface area (Å²) in [5, 5.41) is 2.99. The van der Waals surface area contributed by atoms with Crippen LogP contribution in [-0.4, -0.2) is 65.7 Å². The second-order valence-corrected chi connectivity index (χ2v) is 10.7. The number of nitrogens with one attached hydrogen (secondary N) is 1. The minimum absolute atomic E-state index is 0.0285. The van der Waals surface area contributed by atoms with Gasteiger partial charge in [-0.3, -0.25) is 4.79 Å². The van der Waals surface area contributed by atoms with Gasteiger partial charge in [0, 0.05) is 44.2 Å². The number of rotatable bonds is 6. The Bertz CT molecular complexity index is 1350. The third-order valence-electron chi connectivity index (χ3n) is 6.97. The van der Waals surface area contributed by atoms with Gasteiger partial charge < -0.3 is 26.4 Å². The summed E-state index contributed by atoms with van der Waals surface area (Å²) in [4.78, 5) is 28.5. The van der Waals surface area contributed by atoms with Gasteiger partial charge in [-0.25, -0.2) is 28.1 Å². The summed E-state index contributed by atoms with van der Waals surface area (Å²) in [6.07, 6.45) is 3.08. The van der Waals surface area contributed by atoms with Crippen molar-refractivity contribution in [2.75, 3.05) is 37.4 Å². The monoisotopic (exact) mass is 535 g/mol. The fraction of sp³-hybridized carbons (Fsp3) is 0.500. The number of fused-ring (bicyclic) bond motifs is 2. The van der Waals surface area contributed by atoms with Crippen LogP contribution in [0.3, 0.4) is 0 Å². The molecule has 3 unspecified atom stereocenters. The summed E-state index contributed by atoms with van der Waals surface area (Å²) in [6.45, 7) is 1.03. The van der Waals surface area contributed by atoms with Crippen molar-refractivity contribution >= 4 is 39.1 Å². The SMILES string of the molecule is COCC(F)(F)C1CN(c2nc3c(cc2F)CC(NC(=O)c2sc4nc(C)cnc4c2N)CC3)CC1N. The summed E-state index contributed by atoms with van der Waals surface area (Å²) in [6, 6.07) is 0.307. The van der Waals surface area contributed by atoms with Crippen molar-refractivity contribution in [1.29, 1.82) is 0 Å². The second kappa shape index (κ2) is 9.69. The summed E-state index contributed by atoms with van der Waals surface area (Å²) < 4.78 is 48.6. The number of anilines is 2. The lowest BCUT2D eigenvalue weighted by Crippen LogP contribution is -2.43. The number of ether oxygens (including phenoxy) is 1. The highest BCUT2D eigenvalue weighted by Crippen LogP contribution is 2.36. The summed E-state index contributed by atoms with van der Waals surface area (Å²) in [5.41, 5.74) is 15.0. The molecule has 3 aromatic heterocycles. The number of pyridine rings is 1. The number of hydrogen-bond donors (Lipinski definition) is 3. The van der Waals surface area contributed by atoms with Crippen LogP contribution in [0.25, 0.3) is 10.3 Å². The number of alkyl halides is 2. The number of hydrogen-bond acceptors (Lipinski definition) is 9. The first kappa shape index (κ1) is 25.6. The number of aryl methyl sites for hydroxylation is 2. The maximum absolute atomic E-state index is 15.1. The van der Waals surface area contributed by atoms with Gasteiger partial charge in [0.1, 0.15) is 21.8 Å². The van der Waals surface area contributed by atoms with Crippen LogP contribution < -0.4 is 21.7 Å². The average Bonchev–Trinajstić information content (AvgIpc) is 3.38. The number of carbonyl (C=O) groups excluding carboxylic acids is 1. The van der Waals surface area contributed by atoms with Crippen LogP contribution in [0.4, 0.5) is 24.7 Å². The highest BCUT2D eigenvalue weighted by atomic mass is 32.1. The molecule has 1 aliphatic heterocycles. The molecule has 1 aliphatic carbocycles. The molecule has 198 valence electrons. The zero-order valence-electron chi connectivity index (χ0n) is 20.4. The van der Waals surface area contributed by atoms with E-state index in [9.17, 15) is 13.6 Å². The van der Waals surface area contributed by atoms with Gasteiger partial charge in [0.15, 0.2) is 11.6 Å². The highest BCUT2D eigenvalue weighted by Gasteiger charge is 2.48. The maximum Gasteiger partial charge on any atom is 0.276 e. The Morgan fingerprint density at radius 2 is 2.14 bits per heavy atom. The Kier molecular flexibility index (Phi) is 6.71. The van der Waals surface area contributed by atoms with Crippen molar-refractivity contribution in [3.63, 3.8) is 0 Å². The zero-order valence-corrected chi connectivity index (χ0v) is 21.2. The maximum atomic E-state index is 15.1. The minimum Gasteiger partial charge on any atom is -0.396 e. The Balaban J connectivity index is 1.29. The van der Waals surface area contributed by atoms with Gasteiger partial charge in [0.2, 0.25) is 0 Å². The average molecular weight is 536 g/mol. The van der Waals surface area contributed by atoms with Crippen molar-refractivity contribution in [1.82, 2.24) is 20.3 Å². The van der Waals surface area contributed by atoms with E-state index in [0.29, 0.717) is 45.7 Å². The van der Waals surface area contributed by atoms with Crippen molar-refractivity contribution in [2.45, 2.75) is 44.2 Å². The summed E-state index contributed by atoms with van der Waals surface area (Å²) in [5.74, 6) is -5.19. The summed E-state index contributed by atoms with van der Waals surface area (Å²) in [7, 11) is 1.21. The van der Waals surface area contributed by atoms with Gasteiger partial charge in [-0.1, -0.05) is 0 Å². The summed E-state index contributed by atoms with van der Waals surface area (Å²) >= 11 is 1.18. The number of nitrogen functional groups attached to an aromatic ring is 1. The molecule has 3 aromatic rings. The van der Waals surface area contributed by atoms with E-state index in [1.807, 2.05) is 6.92 Å². The van der Waals surface area contributed by atoms with Crippen LogP contribution in [-0.2, 0) is 17.6 Å². The molecule has 9 nitrogen and oxygen atoms in total. The van der Waals surface area contributed by atoms with Crippen molar-refractivity contribution < 1.29 is 22.7 Å². The Morgan fingerprint density at radius 3 is 2.89 bits per heavy atom. The number of methoxy groups -OCH3 is 1. The molecular weight excluding hydrogens is 507 g/mol. The first-order valence-electron chi connectivity index (χ1n) is 12.0. The predicted molar refractivity (Wildman–Crippen MR) is 135 cm³/mol. The first-order valence-corrected chi connectivity index (χ1v) is 12.8. The number of nitrogens with two attached hydrogens (primary N) is 2. The number of halogens is 3. The molecule has 0 bridgehead atoms. The molecule has 5 N–H and O–H groups in total. The van der Waals surface area contributed by atoms with Crippen LogP contribution in [0.1, 0.15) is 33.0 Å². The molecule has 0 saturated carbocycles. The Morgan fingerprint density at radius 1 is 1.35 bits per heavy atom. The lowest BCUT2D eigenvalue weighted by atomic mass is 9.91. The normalized spacial score (nSPS) is 21.9. The van der Waals surface area contributed by atoms with Crippen molar-refractivity contribution in [3.05, 3.63) is 39.9 Å². The highest BCUT2D eigenvalue weighted by molar-refractivity contribution is 7.21. The predicted octanol–water partition coefficient (Wildman–Crippen LogP) is 2.45. The van der Waals surface area contributed by atoms with E-state index in [4.69, 9.17) is 11.5 Å². The quantitative estimate of drug-likeness (QED) is 0.439. The fourth-order valence-corrected chi connectivity index (χ4v) is 6.11. The first-order chi connectivity index (χ1) is 17.6. The molecule has 37 heavy (non-hydrogen) atoms. The number of aromatic nitrogens is 3. The van der Waals surface area contributed by atoms with Crippen molar-refractivity contribution in [2.24, 2.45) is 11.7 Å². The molecular formula is C24H28F3N7O2S. The number of nitrogens with zero attached hydrogens (tertiary/aromatic N) is 4. The van der Waals surface area contributed by atoms with Crippen LogP contribution in [0.2, 0.25) is 0 Å². The molecule has 0 spiro atoms. The van der Waals surface area contributed by atoms with Gasteiger partial charge in [-0.15, -0.1) is 11.3 Å². The van der Waals surface area contributed by atoms with Crippen LogP contribution in [0.5, 0.6) is 0 Å². The van der Waals surface area contributed by atoms with E-state index >= 15 is 4.39 Å². The van der Waals surface area contributed by atoms with E-state index in [1.165, 1.54) is 29.4 Å². The lowest BCUT2D eigenvalue weighted by molar-refractivity contribution is -0.105. The van der Waals surface area contributed by atoms with Crippen LogP contribution >= 0.6 is 11.3 Å². The Hall–Kier alpha value is -3.03. The zero-order chi connectivity index (χ0) is 26.5. The second-order valence-electron chi connectivity index (χ2n) is 9.69. The standard InChI is InChI=1S/C24H28F3N7O2S/c1-11-7-30-19-18(29)20(37-23(19)31-11)22(35)32-13-3-4-17-12(5-13)6-15(25)21(33-17)34-8-14(16(28)9-34)24(26,27)10-36-2/h6-7,13-14,16H,3-5,8-10,28-29H2,1-2H3,(H,32,35). The molecule has 13 heteroatoms. The molecule has 2 aliphatic rings. The Labute approximate surface area is 215 Å². The van der Waals surface area contributed by atoms with Gasteiger partial charge in [-0.05, 0) is 37.8 Å². The molecule has 3 atom stereocenters. The molecule has 0 radical (unpaired) electrons. The van der Waals surface area contributed by atoms with E-state index < -0.39 is 30.3 Å². The fourth-order valence-electron chi connectivity index (χ4n) is 5.11. The number of amides is 1. The van der Waals surface area contributed by atoms with Crippen LogP contribution in [0.15, 0.2) is 12.3 Å². The van der Waals surface area contributed by atoms with Crippen molar-refractivity contribution in [3.8, 4) is 0 Å². The number of carbonyl (C=O) groups is 1. The van der Waals surface area contributed by atoms with Gasteiger partial charge >= 0.3 is 0 Å². The van der Waals surface area contributed by atoms with Gasteiger partial charge in [-0.2, -0.15) is 0 Å². The van der Waals surface area contributed by atoms with Gasteiger partial charge in [0.05, 0.1) is 17.3 Å². The molecule has 0 aromatic carbocycles. The van der Waals surface area contributed by atoms with E-state index in [1.54, 1.807) is 6.20 Å². The smallest absolute Gasteiger partial charge is 0.276 e. The van der Waals surface area contributed by atoms with E-state index in [0.717, 1.165) is 5.69 Å². The lowest BCUT2D eigenvalue weighted by Gasteiger charge is -2.27. The van der Waals surface area contributed by atoms with E-state index in [-0.39, 0.29) is 36.5 Å². The van der Waals surface area contributed by atoms with Gasteiger partial charge in [0.25, 0.3) is 11.8 Å². The molecule has 1 saturated heterocycles. The third kappa shape index (κ3) is 4.82. The van der Waals surface area contributed by atoms with E-state index in [2.05, 4.69) is 25.0 Å². The minimum atomic E-state index is -3.12. The largest absolute Gasteiger partial charge is 0.396 e. The molecule has 5 rings (SSSR count). The number of thiophene rings is 1. The molecule has 4 heterocycles. The molecule has 1 amide bonds. The third-order valence-corrected chi connectivity index (χ3v) is 8.05. The topological polar surface area (TPSA) is 132 Å².